The van der Waals surface area contributed by atoms with Crippen LogP contribution in [-0.4, -0.2) is 82.3 Å². The Morgan fingerprint density at radius 3 is 1.76 bits per heavy atom. The number of nitrogens with one attached hydrogen (secondary N) is 5. The minimum Gasteiger partial charge on any atom is -0.464 e. The van der Waals surface area contributed by atoms with E-state index in [4.69, 9.17) is 9.29 Å². The number of esters is 1. The highest BCUT2D eigenvalue weighted by Gasteiger charge is 2.21. The van der Waals surface area contributed by atoms with Gasteiger partial charge in [0, 0.05) is 32.6 Å². The van der Waals surface area contributed by atoms with Crippen molar-refractivity contribution >= 4 is 34.3 Å². The third-order valence-electron chi connectivity index (χ3n) is 6.92. The topological polar surface area (TPSA) is 201 Å². The Kier molecular flexibility index (Phi) is 27.1. The van der Waals surface area contributed by atoms with Gasteiger partial charge in [0.1, 0.15) is 6.04 Å². The molecule has 0 unspecified atom stereocenters. The largest absolute Gasteiger partial charge is 0.464 e. The molecule has 0 aliphatic heterocycles. The van der Waals surface area contributed by atoms with E-state index in [-0.39, 0.29) is 25.7 Å². The van der Waals surface area contributed by atoms with Gasteiger partial charge in [0.05, 0.1) is 13.2 Å². The highest BCUT2D eigenvalue weighted by Crippen LogP contribution is 2.10. The third-order valence-corrected chi connectivity index (χ3v) is 7.38. The lowest BCUT2D eigenvalue weighted by molar-refractivity contribution is -0.145. The van der Waals surface area contributed by atoms with Crippen molar-refractivity contribution < 1.29 is 41.1 Å². The Hall–Kier alpha value is -2.65. The van der Waals surface area contributed by atoms with Crippen LogP contribution in [0.2, 0.25) is 0 Å². The van der Waals surface area contributed by atoms with Gasteiger partial charge < -0.3 is 31.3 Å². The van der Waals surface area contributed by atoms with Crippen molar-refractivity contribution in [3.63, 3.8) is 0 Å². The molecule has 15 heteroatoms. The zero-order valence-corrected chi connectivity index (χ0v) is 28.3. The van der Waals surface area contributed by atoms with Gasteiger partial charge in [0.15, 0.2) is 0 Å². The van der Waals surface area contributed by atoms with Crippen molar-refractivity contribution in [3.05, 3.63) is 0 Å². The van der Waals surface area contributed by atoms with Crippen LogP contribution >= 0.6 is 0 Å². The normalized spacial score (nSPS) is 11.8. The number of rotatable bonds is 29. The lowest BCUT2D eigenvalue weighted by Crippen LogP contribution is -2.47. The van der Waals surface area contributed by atoms with Crippen LogP contribution < -0.4 is 26.6 Å². The summed E-state index contributed by atoms with van der Waals surface area (Å²) in [5.74, 6) is -0.425. The van der Waals surface area contributed by atoms with Crippen molar-refractivity contribution in [2.75, 3.05) is 39.4 Å². The van der Waals surface area contributed by atoms with Gasteiger partial charge in [-0.3, -0.25) is 9.35 Å². The highest BCUT2D eigenvalue weighted by molar-refractivity contribution is 7.80. The van der Waals surface area contributed by atoms with Crippen molar-refractivity contribution in [3.8, 4) is 0 Å². The molecule has 0 rings (SSSR count). The summed E-state index contributed by atoms with van der Waals surface area (Å²) < 4.78 is 38.5. The Balaban J connectivity index is 3.94. The Bertz CT molecular complexity index is 906. The fourth-order valence-electron chi connectivity index (χ4n) is 4.47. The summed E-state index contributed by atoms with van der Waals surface area (Å²) in [4.78, 5) is 48.3. The van der Waals surface area contributed by atoms with Gasteiger partial charge in [0.2, 0.25) is 5.91 Å². The van der Waals surface area contributed by atoms with E-state index in [0.29, 0.717) is 51.7 Å². The van der Waals surface area contributed by atoms with Gasteiger partial charge in [-0.25, -0.2) is 18.6 Å². The van der Waals surface area contributed by atoms with Gasteiger partial charge in [-0.2, -0.15) is 8.42 Å². The van der Waals surface area contributed by atoms with Crippen LogP contribution in [0.15, 0.2) is 0 Å². The summed E-state index contributed by atoms with van der Waals surface area (Å²) in [6.45, 7) is 5.08. The quantitative estimate of drug-likeness (QED) is 0.0386. The zero-order chi connectivity index (χ0) is 33.6. The minimum atomic E-state index is -4.52. The van der Waals surface area contributed by atoms with Gasteiger partial charge in [-0.1, -0.05) is 71.1 Å². The maximum Gasteiger partial charge on any atom is 0.397 e. The summed E-state index contributed by atoms with van der Waals surface area (Å²) in [5, 5.41) is 13.4. The average molecular weight is 666 g/mol. The molecule has 0 fully saturated rings. The lowest BCUT2D eigenvalue weighted by Gasteiger charge is -2.18. The molecule has 1 atom stereocenters. The second-order valence-electron chi connectivity index (χ2n) is 11.0. The predicted octanol–water partition coefficient (Wildman–Crippen LogP) is 4.10. The first kappa shape index (κ1) is 42.3. The molecule has 0 radical (unpaired) electrons. The van der Waals surface area contributed by atoms with Gasteiger partial charge in [-0.05, 0) is 45.4 Å². The van der Waals surface area contributed by atoms with Gasteiger partial charge in [0.25, 0.3) is 0 Å². The highest BCUT2D eigenvalue weighted by atomic mass is 32.3. The first-order chi connectivity index (χ1) is 21.6. The number of unbranched alkanes of at least 4 members (excludes halogenated alkanes) is 12. The second-order valence-corrected chi connectivity index (χ2v) is 12.1. The first-order valence-electron chi connectivity index (χ1n) is 16.7. The monoisotopic (exact) mass is 665 g/mol. The standard InChI is InChI=1S/C30H59N5O9S/c1-3-5-6-7-8-9-10-11-14-20-27(36)31-21-18-15-19-26(28(37)43-4-2)35-30(39)33-23-17-13-12-16-22-32-29(38)34-24-25-44-45(40,41)42/h26H,3-25H2,1-2H3,(H,31,36)(H2,32,34,38)(H2,33,35,39)(H,40,41,42)/t26-/m0/s1. The first-order valence-corrected chi connectivity index (χ1v) is 18.1. The number of urea groups is 2. The predicted molar refractivity (Wildman–Crippen MR) is 173 cm³/mol. The molecule has 0 aliphatic rings. The molecular weight excluding hydrogens is 606 g/mol. The molecule has 0 saturated carbocycles. The Labute approximate surface area is 270 Å². The molecule has 0 aromatic carbocycles. The van der Waals surface area contributed by atoms with Crippen molar-refractivity contribution in [1.29, 1.82) is 0 Å². The maximum atomic E-state index is 12.3. The summed E-state index contributed by atoms with van der Waals surface area (Å²) in [6.07, 6.45) is 16.3. The molecule has 6 N–H and O–H groups in total. The average Bonchev–Trinajstić information content (AvgIpc) is 2.98. The van der Waals surface area contributed by atoms with Crippen molar-refractivity contribution in [2.24, 2.45) is 0 Å². The molecule has 5 amide bonds. The minimum absolute atomic E-state index is 0.0567. The summed E-state index contributed by atoms with van der Waals surface area (Å²) >= 11 is 0. The van der Waals surface area contributed by atoms with Crippen LogP contribution in [0.3, 0.4) is 0 Å². The molecule has 14 nitrogen and oxygen atoms in total. The molecule has 0 saturated heterocycles. The number of amides is 5. The second kappa shape index (κ2) is 28.8. The van der Waals surface area contributed by atoms with Crippen LogP contribution in [0, 0.1) is 0 Å². The Morgan fingerprint density at radius 1 is 0.644 bits per heavy atom. The molecule has 45 heavy (non-hydrogen) atoms. The van der Waals surface area contributed by atoms with E-state index in [9.17, 15) is 27.6 Å². The van der Waals surface area contributed by atoms with E-state index >= 15 is 0 Å². The number of hydrogen-bond donors (Lipinski definition) is 6. The van der Waals surface area contributed by atoms with Gasteiger partial charge >= 0.3 is 28.4 Å². The number of ether oxygens (including phenoxy) is 1. The van der Waals surface area contributed by atoms with Crippen LogP contribution in [0.5, 0.6) is 0 Å². The SMILES string of the molecule is CCCCCCCCCCCC(=O)NCCCC[C@H](NC(=O)NCCCCCCNC(=O)NCCOS(=O)(=O)O)C(=O)OCC. The maximum absolute atomic E-state index is 12.3. The van der Waals surface area contributed by atoms with E-state index in [0.717, 1.165) is 32.1 Å². The molecule has 0 aromatic rings. The summed E-state index contributed by atoms with van der Waals surface area (Å²) in [6, 6.07) is -1.68. The van der Waals surface area contributed by atoms with Crippen LogP contribution in [0.25, 0.3) is 0 Å². The van der Waals surface area contributed by atoms with Crippen molar-refractivity contribution in [1.82, 2.24) is 26.6 Å². The third kappa shape index (κ3) is 29.8. The molecule has 0 spiro atoms. The van der Waals surface area contributed by atoms with Crippen LogP contribution in [0.1, 0.15) is 123 Å². The summed E-state index contributed by atoms with van der Waals surface area (Å²) in [7, 11) is -4.52. The molecule has 0 aromatic heterocycles. The number of carbonyl (C=O) groups is 4. The van der Waals surface area contributed by atoms with Gasteiger partial charge in [-0.15, -0.1) is 0 Å². The zero-order valence-electron chi connectivity index (χ0n) is 27.5. The summed E-state index contributed by atoms with van der Waals surface area (Å²) in [5.41, 5.74) is 0. The molecular formula is C30H59N5O9S. The van der Waals surface area contributed by atoms with Crippen LogP contribution in [-0.2, 0) is 28.9 Å². The Morgan fingerprint density at radius 2 is 1.16 bits per heavy atom. The number of carbonyl (C=O) groups excluding carboxylic acids is 4. The van der Waals surface area contributed by atoms with Crippen molar-refractivity contribution in [2.45, 2.75) is 129 Å². The molecule has 0 bridgehead atoms. The lowest BCUT2D eigenvalue weighted by atomic mass is 10.1. The van der Waals surface area contributed by atoms with E-state index in [2.05, 4.69) is 37.7 Å². The molecule has 0 aliphatic carbocycles. The van der Waals surface area contributed by atoms with E-state index in [1.165, 1.54) is 44.9 Å². The smallest absolute Gasteiger partial charge is 0.397 e. The molecule has 0 heterocycles. The molecule has 264 valence electrons. The number of hydrogen-bond acceptors (Lipinski definition) is 8. The van der Waals surface area contributed by atoms with E-state index in [1.807, 2.05) is 0 Å². The van der Waals surface area contributed by atoms with E-state index in [1.54, 1.807) is 6.92 Å². The fourth-order valence-corrected chi connectivity index (χ4v) is 4.76. The van der Waals surface area contributed by atoms with Crippen LogP contribution in [0.4, 0.5) is 9.59 Å². The van der Waals surface area contributed by atoms with E-state index < -0.39 is 34.5 Å². The fraction of sp³-hybridized carbons (Fsp3) is 0.867.